The molecule has 0 radical (unpaired) electrons. The molecule has 2 rings (SSSR count). The zero-order valence-electron chi connectivity index (χ0n) is 14.0. The minimum atomic E-state index is -0.628. The Hall–Kier alpha value is -3.49. The number of rotatable bonds is 6. The number of aryl methyl sites for hydroxylation is 1. The number of halogens is 1. The van der Waals surface area contributed by atoms with E-state index in [0.717, 1.165) is 6.07 Å². The minimum Gasteiger partial charge on any atom is -0.465 e. The summed E-state index contributed by atoms with van der Waals surface area (Å²) in [6, 6.07) is 7.63. The van der Waals surface area contributed by atoms with Crippen molar-refractivity contribution in [2.45, 2.75) is 6.92 Å². The number of methoxy groups -OCH3 is 1. The third kappa shape index (κ3) is 4.53. The van der Waals surface area contributed by atoms with Gasteiger partial charge in [-0.2, -0.15) is 0 Å². The van der Waals surface area contributed by atoms with E-state index in [0.29, 0.717) is 11.3 Å². The number of hydrogen-bond acceptors (Lipinski definition) is 6. The molecule has 136 valence electrons. The van der Waals surface area contributed by atoms with E-state index in [4.69, 9.17) is 0 Å². The van der Waals surface area contributed by atoms with Gasteiger partial charge in [0.25, 0.3) is 5.69 Å². The summed E-state index contributed by atoms with van der Waals surface area (Å²) in [6.45, 7) is 1.35. The number of esters is 1. The molecule has 0 fully saturated rings. The second-order valence-electron chi connectivity index (χ2n) is 5.34. The van der Waals surface area contributed by atoms with E-state index in [1.807, 2.05) is 0 Å². The Kier molecular flexibility index (Phi) is 5.84. The lowest BCUT2D eigenvalue weighted by Crippen LogP contribution is -2.22. The zero-order valence-corrected chi connectivity index (χ0v) is 14.0. The number of ether oxygens (including phenoxy) is 1. The Balaban J connectivity index is 2.03. The summed E-state index contributed by atoms with van der Waals surface area (Å²) < 4.78 is 18.3. The number of carbonyl (C=O) groups excluding carboxylic acids is 2. The fraction of sp³-hybridized carbons (Fsp3) is 0.176. The van der Waals surface area contributed by atoms with Crippen molar-refractivity contribution in [2.24, 2.45) is 0 Å². The third-order valence-electron chi connectivity index (χ3n) is 3.52. The van der Waals surface area contributed by atoms with Crippen molar-refractivity contribution in [3.05, 3.63) is 63.5 Å². The summed E-state index contributed by atoms with van der Waals surface area (Å²) in [7, 11) is 1.21. The summed E-state index contributed by atoms with van der Waals surface area (Å²) in [4.78, 5) is 33.7. The van der Waals surface area contributed by atoms with Crippen molar-refractivity contribution in [2.75, 3.05) is 24.3 Å². The number of nitro benzene ring substituents is 1. The van der Waals surface area contributed by atoms with Crippen LogP contribution >= 0.6 is 0 Å². The first-order chi connectivity index (χ1) is 12.3. The van der Waals surface area contributed by atoms with Crippen molar-refractivity contribution in [1.82, 2.24) is 0 Å². The highest BCUT2D eigenvalue weighted by Crippen LogP contribution is 2.21. The average molecular weight is 361 g/mol. The van der Waals surface area contributed by atoms with E-state index >= 15 is 0 Å². The van der Waals surface area contributed by atoms with Gasteiger partial charge in [0.1, 0.15) is 5.82 Å². The molecule has 2 N–H and O–H groups in total. The summed E-state index contributed by atoms with van der Waals surface area (Å²) in [5.74, 6) is -1.74. The molecular formula is C17H16FN3O5. The lowest BCUT2D eigenvalue weighted by molar-refractivity contribution is -0.384. The molecule has 0 aliphatic rings. The number of nitrogens with zero attached hydrogens (tertiary/aromatic N) is 1. The minimum absolute atomic E-state index is 0.0246. The molecule has 0 aliphatic carbocycles. The fourth-order valence-corrected chi connectivity index (χ4v) is 2.18. The smallest absolute Gasteiger partial charge is 0.337 e. The van der Waals surface area contributed by atoms with Gasteiger partial charge in [-0.25, -0.2) is 9.18 Å². The Bertz CT molecular complexity index is 869. The molecule has 0 heterocycles. The summed E-state index contributed by atoms with van der Waals surface area (Å²) >= 11 is 0. The number of hydrogen-bond donors (Lipinski definition) is 2. The number of nitro groups is 1. The first-order valence-corrected chi connectivity index (χ1v) is 7.48. The van der Waals surface area contributed by atoms with Crippen LogP contribution in [0, 0.1) is 22.9 Å². The number of amides is 1. The van der Waals surface area contributed by atoms with Crippen molar-refractivity contribution in [1.29, 1.82) is 0 Å². The molecule has 0 aromatic heterocycles. The van der Waals surface area contributed by atoms with E-state index in [1.165, 1.54) is 37.4 Å². The van der Waals surface area contributed by atoms with Crippen molar-refractivity contribution < 1.29 is 23.6 Å². The highest BCUT2D eigenvalue weighted by atomic mass is 19.1. The Morgan fingerprint density at radius 3 is 2.54 bits per heavy atom. The number of carbonyl (C=O) groups is 2. The standard InChI is InChI=1S/C17H16FN3O5/c1-10-7-12(21(24)25)4-6-14(10)20-16(22)9-19-15-8-11(17(23)26-2)3-5-13(15)18/h3-8,19H,9H2,1-2H3,(H,20,22). The quantitative estimate of drug-likeness (QED) is 0.465. The Morgan fingerprint density at radius 1 is 1.19 bits per heavy atom. The van der Waals surface area contributed by atoms with Crippen LogP contribution in [-0.4, -0.2) is 30.5 Å². The summed E-state index contributed by atoms with van der Waals surface area (Å²) in [5, 5.41) is 15.9. The maximum absolute atomic E-state index is 13.8. The molecule has 0 aliphatic heterocycles. The average Bonchev–Trinajstić information content (AvgIpc) is 2.61. The van der Waals surface area contributed by atoms with Crippen LogP contribution in [0.1, 0.15) is 15.9 Å². The molecule has 2 aromatic carbocycles. The largest absolute Gasteiger partial charge is 0.465 e. The lowest BCUT2D eigenvalue weighted by atomic mass is 10.1. The number of anilines is 2. The zero-order chi connectivity index (χ0) is 19.3. The highest BCUT2D eigenvalue weighted by Gasteiger charge is 2.13. The van der Waals surface area contributed by atoms with Gasteiger partial charge in [0.05, 0.1) is 29.8 Å². The predicted octanol–water partition coefficient (Wildman–Crippen LogP) is 2.88. The SMILES string of the molecule is COC(=O)c1ccc(F)c(NCC(=O)Nc2ccc([N+](=O)[O-])cc2C)c1. The predicted molar refractivity (Wildman–Crippen MR) is 92.7 cm³/mol. The second-order valence-corrected chi connectivity index (χ2v) is 5.34. The van der Waals surface area contributed by atoms with Crippen LogP contribution < -0.4 is 10.6 Å². The third-order valence-corrected chi connectivity index (χ3v) is 3.52. The van der Waals surface area contributed by atoms with Crippen LogP contribution in [0.3, 0.4) is 0 Å². The van der Waals surface area contributed by atoms with Gasteiger partial charge in [-0.1, -0.05) is 0 Å². The maximum atomic E-state index is 13.8. The van der Waals surface area contributed by atoms with Crippen molar-refractivity contribution in [3.63, 3.8) is 0 Å². The highest BCUT2D eigenvalue weighted by molar-refractivity contribution is 5.95. The number of non-ortho nitro benzene ring substituents is 1. The van der Waals surface area contributed by atoms with Crippen LogP contribution in [-0.2, 0) is 9.53 Å². The molecule has 2 aromatic rings. The van der Waals surface area contributed by atoms with Crippen molar-refractivity contribution in [3.8, 4) is 0 Å². The maximum Gasteiger partial charge on any atom is 0.337 e. The normalized spacial score (nSPS) is 10.1. The summed E-state index contributed by atoms with van der Waals surface area (Å²) in [6.07, 6.45) is 0. The molecule has 0 atom stereocenters. The van der Waals surface area contributed by atoms with Crippen LogP contribution in [0.15, 0.2) is 36.4 Å². The van der Waals surface area contributed by atoms with Gasteiger partial charge < -0.3 is 15.4 Å². The van der Waals surface area contributed by atoms with Gasteiger partial charge in [0, 0.05) is 17.8 Å². The van der Waals surface area contributed by atoms with Crippen LogP contribution in [0.2, 0.25) is 0 Å². The van der Waals surface area contributed by atoms with Crippen LogP contribution in [0.5, 0.6) is 0 Å². The van der Waals surface area contributed by atoms with Crippen LogP contribution in [0.25, 0.3) is 0 Å². The van der Waals surface area contributed by atoms with E-state index in [9.17, 15) is 24.1 Å². The van der Waals surface area contributed by atoms with Gasteiger partial charge in [-0.15, -0.1) is 0 Å². The number of benzene rings is 2. The first-order valence-electron chi connectivity index (χ1n) is 7.48. The van der Waals surface area contributed by atoms with Gasteiger partial charge >= 0.3 is 5.97 Å². The molecule has 26 heavy (non-hydrogen) atoms. The van der Waals surface area contributed by atoms with Gasteiger partial charge in [0.2, 0.25) is 5.91 Å². The Morgan fingerprint density at radius 2 is 1.92 bits per heavy atom. The molecule has 0 spiro atoms. The van der Waals surface area contributed by atoms with Crippen molar-refractivity contribution >= 4 is 28.9 Å². The van der Waals surface area contributed by atoms with Gasteiger partial charge in [-0.05, 0) is 36.8 Å². The molecule has 0 saturated heterocycles. The molecule has 0 bridgehead atoms. The van der Waals surface area contributed by atoms with E-state index < -0.39 is 22.6 Å². The van der Waals surface area contributed by atoms with E-state index in [1.54, 1.807) is 6.92 Å². The number of nitrogens with one attached hydrogen (secondary N) is 2. The van der Waals surface area contributed by atoms with Gasteiger partial charge in [0.15, 0.2) is 0 Å². The second kappa shape index (κ2) is 8.06. The molecule has 9 heteroatoms. The lowest BCUT2D eigenvalue weighted by Gasteiger charge is -2.11. The summed E-state index contributed by atoms with van der Waals surface area (Å²) in [5.41, 5.74) is 0.962. The molecule has 0 saturated carbocycles. The van der Waals surface area contributed by atoms with Gasteiger partial charge in [-0.3, -0.25) is 14.9 Å². The van der Waals surface area contributed by atoms with Crippen LogP contribution in [0.4, 0.5) is 21.5 Å². The molecular weight excluding hydrogens is 345 g/mol. The monoisotopic (exact) mass is 361 g/mol. The molecule has 8 nitrogen and oxygen atoms in total. The topological polar surface area (TPSA) is 111 Å². The Labute approximate surface area is 148 Å². The fourth-order valence-electron chi connectivity index (χ4n) is 2.18. The molecule has 1 amide bonds. The molecule has 0 unspecified atom stereocenters. The first kappa shape index (κ1) is 18.8. The van der Waals surface area contributed by atoms with E-state index in [2.05, 4.69) is 15.4 Å². The van der Waals surface area contributed by atoms with E-state index in [-0.39, 0.29) is 23.5 Å².